The van der Waals surface area contributed by atoms with E-state index in [0.29, 0.717) is 52.2 Å². The molecule has 2 rings (SSSR count). The number of piperidine rings is 1. The first-order valence-electron chi connectivity index (χ1n) is 12.1. The molecule has 0 bridgehead atoms. The van der Waals surface area contributed by atoms with Crippen LogP contribution in [0.25, 0.3) is 0 Å². The standard InChI is InChI=1S/C23H38N4O7/c28-20(18-26-10-2-1-3-11-26)24-8-4-14-33-22(30)6-7-23(31)34-15-5-9-25-21(29)19-27-12-16-32-17-13-27/h6-7H,1-5,8-19H2,(H,24,28)(H,25,29)/b7-6+. The van der Waals surface area contributed by atoms with E-state index >= 15 is 0 Å². The molecule has 0 spiro atoms. The number of hydrogen-bond acceptors (Lipinski definition) is 9. The maximum Gasteiger partial charge on any atom is 0.331 e. The van der Waals surface area contributed by atoms with Gasteiger partial charge in [0.05, 0.1) is 39.5 Å². The number of likely N-dealkylation sites (tertiary alicyclic amines) is 1. The Balaban J connectivity index is 1.41. The van der Waals surface area contributed by atoms with Crippen LogP contribution < -0.4 is 10.6 Å². The molecule has 11 nitrogen and oxygen atoms in total. The van der Waals surface area contributed by atoms with Gasteiger partial charge in [-0.1, -0.05) is 6.42 Å². The van der Waals surface area contributed by atoms with Gasteiger partial charge in [-0.15, -0.1) is 0 Å². The van der Waals surface area contributed by atoms with Crippen LogP contribution in [-0.4, -0.2) is 112 Å². The van der Waals surface area contributed by atoms with E-state index < -0.39 is 11.9 Å². The van der Waals surface area contributed by atoms with E-state index in [0.717, 1.165) is 51.2 Å². The molecular formula is C23H38N4O7. The molecule has 0 aromatic carbocycles. The molecule has 2 N–H and O–H groups in total. The Morgan fingerprint density at radius 3 is 1.68 bits per heavy atom. The van der Waals surface area contributed by atoms with E-state index in [-0.39, 0.29) is 25.0 Å². The Morgan fingerprint density at radius 1 is 0.706 bits per heavy atom. The fourth-order valence-corrected chi connectivity index (χ4v) is 3.57. The second kappa shape index (κ2) is 17.0. The zero-order valence-electron chi connectivity index (χ0n) is 19.9. The summed E-state index contributed by atoms with van der Waals surface area (Å²) >= 11 is 0. The average Bonchev–Trinajstić information content (AvgIpc) is 2.83. The molecule has 2 saturated heterocycles. The Kier molecular flexibility index (Phi) is 13.9. The molecule has 2 fully saturated rings. The lowest BCUT2D eigenvalue weighted by Gasteiger charge is -2.25. The zero-order valence-corrected chi connectivity index (χ0v) is 19.9. The van der Waals surface area contributed by atoms with Gasteiger partial charge in [0.1, 0.15) is 0 Å². The maximum atomic E-state index is 11.9. The highest BCUT2D eigenvalue weighted by atomic mass is 16.5. The van der Waals surface area contributed by atoms with E-state index in [4.69, 9.17) is 14.2 Å². The van der Waals surface area contributed by atoms with Crippen LogP contribution in [0, 0.1) is 0 Å². The summed E-state index contributed by atoms with van der Waals surface area (Å²) in [6.07, 6.45) is 6.50. The Morgan fingerprint density at radius 2 is 1.18 bits per heavy atom. The summed E-state index contributed by atoms with van der Waals surface area (Å²) in [5.41, 5.74) is 0. The lowest BCUT2D eigenvalue weighted by Crippen LogP contribution is -2.43. The molecule has 2 aliphatic heterocycles. The third kappa shape index (κ3) is 13.3. The zero-order chi connectivity index (χ0) is 24.4. The van der Waals surface area contributed by atoms with Gasteiger partial charge >= 0.3 is 11.9 Å². The summed E-state index contributed by atoms with van der Waals surface area (Å²) in [7, 11) is 0. The van der Waals surface area contributed by atoms with Gasteiger partial charge in [0.2, 0.25) is 11.8 Å². The number of carbonyl (C=O) groups is 4. The van der Waals surface area contributed by atoms with Crippen LogP contribution in [0.15, 0.2) is 12.2 Å². The van der Waals surface area contributed by atoms with Crippen molar-refractivity contribution < 1.29 is 33.4 Å². The minimum absolute atomic E-state index is 0.0208. The largest absolute Gasteiger partial charge is 0.462 e. The molecule has 2 amide bonds. The minimum atomic E-state index is -0.651. The first-order chi connectivity index (χ1) is 16.5. The SMILES string of the molecule is O=C(CN1CCCCC1)NCCCOC(=O)/C=C/C(=O)OCCCNC(=O)CN1CCOCC1. The van der Waals surface area contributed by atoms with E-state index in [9.17, 15) is 19.2 Å². The molecular weight excluding hydrogens is 444 g/mol. The topological polar surface area (TPSA) is 127 Å². The molecule has 0 unspecified atom stereocenters. The van der Waals surface area contributed by atoms with Gasteiger partial charge in [0, 0.05) is 38.3 Å². The molecule has 192 valence electrons. The lowest BCUT2D eigenvalue weighted by atomic mass is 10.1. The Hall–Kier alpha value is -2.50. The van der Waals surface area contributed by atoms with Gasteiger partial charge in [-0.3, -0.25) is 19.4 Å². The summed E-state index contributed by atoms with van der Waals surface area (Å²) in [6, 6.07) is 0. The van der Waals surface area contributed by atoms with Crippen molar-refractivity contribution in [2.45, 2.75) is 32.1 Å². The van der Waals surface area contributed by atoms with Crippen molar-refractivity contribution in [1.29, 1.82) is 0 Å². The van der Waals surface area contributed by atoms with E-state index in [1.165, 1.54) is 6.42 Å². The highest BCUT2D eigenvalue weighted by molar-refractivity contribution is 5.91. The van der Waals surface area contributed by atoms with E-state index in [1.807, 2.05) is 4.90 Å². The summed E-state index contributed by atoms with van der Waals surface area (Å²) in [5.74, 6) is -1.39. The van der Waals surface area contributed by atoms with Crippen molar-refractivity contribution in [2.75, 3.05) is 78.8 Å². The van der Waals surface area contributed by atoms with Crippen LogP contribution in [-0.2, 0) is 33.4 Å². The van der Waals surface area contributed by atoms with Crippen LogP contribution in [0.4, 0.5) is 0 Å². The van der Waals surface area contributed by atoms with Gasteiger partial charge < -0.3 is 24.8 Å². The predicted octanol–water partition coefficient (Wildman–Crippen LogP) is -0.540. The van der Waals surface area contributed by atoms with Crippen molar-refractivity contribution in [1.82, 2.24) is 20.4 Å². The highest BCUT2D eigenvalue weighted by Gasteiger charge is 2.14. The van der Waals surface area contributed by atoms with Crippen molar-refractivity contribution in [3.63, 3.8) is 0 Å². The van der Waals surface area contributed by atoms with Gasteiger partial charge in [0.25, 0.3) is 0 Å². The highest BCUT2D eigenvalue weighted by Crippen LogP contribution is 2.07. The van der Waals surface area contributed by atoms with E-state index in [1.54, 1.807) is 0 Å². The van der Waals surface area contributed by atoms with Crippen molar-refractivity contribution >= 4 is 23.8 Å². The van der Waals surface area contributed by atoms with Crippen molar-refractivity contribution in [3.05, 3.63) is 12.2 Å². The van der Waals surface area contributed by atoms with Crippen LogP contribution in [0.3, 0.4) is 0 Å². The number of carbonyl (C=O) groups excluding carboxylic acids is 4. The number of nitrogens with zero attached hydrogens (tertiary/aromatic N) is 2. The molecule has 11 heteroatoms. The molecule has 0 saturated carbocycles. The lowest BCUT2D eigenvalue weighted by molar-refractivity contribution is -0.140. The molecule has 2 heterocycles. The first-order valence-corrected chi connectivity index (χ1v) is 12.1. The first kappa shape index (κ1) is 27.7. The third-order valence-corrected chi connectivity index (χ3v) is 5.42. The van der Waals surface area contributed by atoms with Gasteiger partial charge in [-0.05, 0) is 38.8 Å². The summed E-state index contributed by atoms with van der Waals surface area (Å²) in [4.78, 5) is 51.2. The smallest absolute Gasteiger partial charge is 0.331 e. The predicted molar refractivity (Wildman–Crippen MR) is 124 cm³/mol. The van der Waals surface area contributed by atoms with E-state index in [2.05, 4.69) is 15.5 Å². The number of esters is 2. The number of amides is 2. The monoisotopic (exact) mass is 482 g/mol. The number of rotatable bonds is 14. The van der Waals surface area contributed by atoms with Crippen LogP contribution in [0.5, 0.6) is 0 Å². The molecule has 0 aliphatic carbocycles. The third-order valence-electron chi connectivity index (χ3n) is 5.42. The molecule has 34 heavy (non-hydrogen) atoms. The van der Waals surface area contributed by atoms with Gasteiger partial charge in [0.15, 0.2) is 0 Å². The molecule has 0 aromatic heterocycles. The molecule has 2 aliphatic rings. The average molecular weight is 483 g/mol. The number of nitrogens with one attached hydrogen (secondary N) is 2. The van der Waals surface area contributed by atoms with Crippen molar-refractivity contribution in [3.8, 4) is 0 Å². The Bertz CT molecular complexity index is 618. The van der Waals surface area contributed by atoms with Gasteiger partial charge in [-0.25, -0.2) is 9.59 Å². The van der Waals surface area contributed by atoms with Crippen LogP contribution in [0.1, 0.15) is 32.1 Å². The quantitative estimate of drug-likeness (QED) is 0.191. The second-order valence-electron chi connectivity index (χ2n) is 8.30. The van der Waals surface area contributed by atoms with Crippen molar-refractivity contribution in [2.24, 2.45) is 0 Å². The number of hydrogen-bond donors (Lipinski definition) is 2. The fraction of sp³-hybridized carbons (Fsp3) is 0.739. The van der Waals surface area contributed by atoms with Crippen LogP contribution in [0.2, 0.25) is 0 Å². The summed E-state index contributed by atoms with van der Waals surface area (Å²) in [6.45, 7) is 6.54. The number of morpholine rings is 1. The summed E-state index contributed by atoms with van der Waals surface area (Å²) < 4.78 is 15.2. The number of ether oxygens (including phenoxy) is 3. The maximum absolute atomic E-state index is 11.9. The summed E-state index contributed by atoms with van der Waals surface area (Å²) in [5, 5.41) is 5.60. The molecule has 0 aromatic rings. The molecule has 0 radical (unpaired) electrons. The minimum Gasteiger partial charge on any atom is -0.462 e. The van der Waals surface area contributed by atoms with Gasteiger partial charge in [-0.2, -0.15) is 0 Å². The fourth-order valence-electron chi connectivity index (χ4n) is 3.57. The van der Waals surface area contributed by atoms with Crippen LogP contribution >= 0.6 is 0 Å². The molecule has 0 atom stereocenters. The second-order valence-corrected chi connectivity index (χ2v) is 8.30. The normalized spacial score (nSPS) is 17.3. The Labute approximate surface area is 201 Å².